The monoisotopic (exact) mass is 240 g/mol. The van der Waals surface area contributed by atoms with Crippen LogP contribution in [0.15, 0.2) is 0 Å². The van der Waals surface area contributed by atoms with Crippen LogP contribution in [0.2, 0.25) is 0 Å². The lowest BCUT2D eigenvalue weighted by Crippen LogP contribution is -2.34. The molecule has 0 aliphatic carbocycles. The average Bonchev–Trinajstić information content (AvgIpc) is 2.20. The minimum absolute atomic E-state index is 0.498. The molecular formula is C7H12O3S3. The van der Waals surface area contributed by atoms with Crippen LogP contribution in [0.3, 0.4) is 0 Å². The molecule has 0 aromatic carbocycles. The van der Waals surface area contributed by atoms with Crippen LogP contribution >= 0.6 is 35.3 Å². The standard InChI is InChI=1S/C7H12O3S3/c1-10-6(9)5(8)7(11-2,12-3)13-4/h1-4H3. The second-order valence-electron chi connectivity index (χ2n) is 1.99. The Morgan fingerprint density at radius 1 is 1.08 bits per heavy atom. The lowest BCUT2D eigenvalue weighted by molar-refractivity contribution is -0.151. The van der Waals surface area contributed by atoms with Gasteiger partial charge in [-0.25, -0.2) is 4.79 Å². The highest BCUT2D eigenvalue weighted by Gasteiger charge is 2.41. The molecule has 76 valence electrons. The Balaban J connectivity index is 4.73. The first kappa shape index (κ1) is 13.2. The molecule has 0 fully saturated rings. The van der Waals surface area contributed by atoms with E-state index in [1.807, 2.05) is 0 Å². The Labute approximate surface area is 90.7 Å². The van der Waals surface area contributed by atoms with Crippen LogP contribution in [0.25, 0.3) is 0 Å². The van der Waals surface area contributed by atoms with Crippen LogP contribution < -0.4 is 0 Å². The zero-order valence-electron chi connectivity index (χ0n) is 7.95. The highest BCUT2D eigenvalue weighted by molar-refractivity contribution is 8.34. The fraction of sp³-hybridized carbons (Fsp3) is 0.714. The van der Waals surface area contributed by atoms with E-state index in [4.69, 9.17) is 0 Å². The molecule has 0 bridgehead atoms. The first-order valence-corrected chi connectivity index (χ1v) is 7.03. The van der Waals surface area contributed by atoms with Gasteiger partial charge in [0.05, 0.1) is 7.11 Å². The summed E-state index contributed by atoms with van der Waals surface area (Å²) in [7, 11) is 1.21. The van der Waals surface area contributed by atoms with E-state index in [2.05, 4.69) is 4.74 Å². The summed E-state index contributed by atoms with van der Waals surface area (Å²) < 4.78 is 3.64. The summed E-state index contributed by atoms with van der Waals surface area (Å²) in [6.07, 6.45) is 5.40. The average molecular weight is 240 g/mol. The second kappa shape index (κ2) is 5.82. The van der Waals surface area contributed by atoms with Crippen molar-refractivity contribution in [3.63, 3.8) is 0 Å². The molecule has 0 rings (SSSR count). The van der Waals surface area contributed by atoms with Gasteiger partial charge in [0.1, 0.15) is 0 Å². The Bertz CT molecular complexity index is 193. The Morgan fingerprint density at radius 3 is 1.69 bits per heavy atom. The summed E-state index contributed by atoms with van der Waals surface area (Å²) in [5.41, 5.74) is 0. The van der Waals surface area contributed by atoms with Crippen molar-refractivity contribution >= 4 is 47.0 Å². The van der Waals surface area contributed by atoms with Crippen molar-refractivity contribution in [2.45, 2.75) is 3.41 Å². The summed E-state index contributed by atoms with van der Waals surface area (Å²) in [5.74, 6) is -1.28. The number of thioether (sulfide) groups is 3. The van der Waals surface area contributed by atoms with Gasteiger partial charge < -0.3 is 4.74 Å². The number of hydrogen-bond acceptors (Lipinski definition) is 6. The first-order chi connectivity index (χ1) is 6.07. The van der Waals surface area contributed by atoms with Gasteiger partial charge in [-0.3, -0.25) is 4.79 Å². The number of esters is 1. The van der Waals surface area contributed by atoms with E-state index >= 15 is 0 Å². The molecule has 13 heavy (non-hydrogen) atoms. The third-order valence-electron chi connectivity index (χ3n) is 1.46. The van der Waals surface area contributed by atoms with E-state index in [9.17, 15) is 9.59 Å². The molecule has 0 aromatic rings. The summed E-state index contributed by atoms with van der Waals surface area (Å²) in [6.45, 7) is 0. The number of ether oxygens (including phenoxy) is 1. The third-order valence-corrected chi connectivity index (χ3v) is 6.62. The molecule has 0 aromatic heterocycles. The summed E-state index contributed by atoms with van der Waals surface area (Å²) in [4.78, 5) is 22.6. The molecule has 3 nitrogen and oxygen atoms in total. The van der Waals surface area contributed by atoms with Gasteiger partial charge in [-0.1, -0.05) is 0 Å². The molecule has 0 spiro atoms. The van der Waals surface area contributed by atoms with Crippen molar-refractivity contribution in [2.75, 3.05) is 25.9 Å². The topological polar surface area (TPSA) is 43.4 Å². The van der Waals surface area contributed by atoms with Crippen molar-refractivity contribution in [1.82, 2.24) is 0 Å². The van der Waals surface area contributed by atoms with E-state index in [-0.39, 0.29) is 0 Å². The summed E-state index contributed by atoms with van der Waals surface area (Å²) in [5, 5.41) is 0. The van der Waals surface area contributed by atoms with Gasteiger partial charge in [0.2, 0.25) is 0 Å². The number of ketones is 1. The van der Waals surface area contributed by atoms with Crippen molar-refractivity contribution < 1.29 is 14.3 Å². The highest BCUT2D eigenvalue weighted by atomic mass is 32.3. The number of carbonyl (C=O) groups is 2. The minimum Gasteiger partial charge on any atom is -0.463 e. The Morgan fingerprint density at radius 2 is 1.46 bits per heavy atom. The van der Waals surface area contributed by atoms with E-state index in [1.54, 1.807) is 18.8 Å². The van der Waals surface area contributed by atoms with E-state index < -0.39 is 15.2 Å². The fourth-order valence-corrected chi connectivity index (χ4v) is 3.55. The van der Waals surface area contributed by atoms with Crippen molar-refractivity contribution in [3.05, 3.63) is 0 Å². The van der Waals surface area contributed by atoms with Gasteiger partial charge in [-0.05, 0) is 18.8 Å². The maximum absolute atomic E-state index is 11.6. The molecule has 0 unspecified atom stereocenters. The van der Waals surface area contributed by atoms with E-state index in [0.717, 1.165) is 0 Å². The SMILES string of the molecule is COC(=O)C(=O)C(SC)(SC)SC. The molecule has 0 amide bonds. The van der Waals surface area contributed by atoms with Gasteiger partial charge in [-0.2, -0.15) is 0 Å². The van der Waals surface area contributed by atoms with Crippen LogP contribution in [0.1, 0.15) is 0 Å². The van der Waals surface area contributed by atoms with Gasteiger partial charge in [0.25, 0.3) is 5.78 Å². The lowest BCUT2D eigenvalue weighted by Gasteiger charge is -2.24. The molecular weight excluding hydrogens is 228 g/mol. The highest BCUT2D eigenvalue weighted by Crippen LogP contribution is 2.43. The van der Waals surface area contributed by atoms with Crippen LogP contribution in [0.4, 0.5) is 0 Å². The quantitative estimate of drug-likeness (QED) is 0.412. The van der Waals surface area contributed by atoms with Gasteiger partial charge in [0, 0.05) is 0 Å². The summed E-state index contributed by atoms with van der Waals surface area (Å²) in [6, 6.07) is 0. The van der Waals surface area contributed by atoms with Crippen LogP contribution in [-0.2, 0) is 14.3 Å². The summed E-state index contributed by atoms with van der Waals surface area (Å²) >= 11 is 4.03. The maximum atomic E-state index is 11.6. The fourth-order valence-electron chi connectivity index (χ4n) is 0.746. The molecule has 0 saturated heterocycles. The normalized spacial score (nSPS) is 11.1. The molecule has 0 heterocycles. The second-order valence-corrected chi connectivity index (χ2v) is 5.83. The van der Waals surface area contributed by atoms with Gasteiger partial charge in [-0.15, -0.1) is 35.3 Å². The number of Topliss-reactive ketones (excluding diaryl/α,β-unsaturated/α-hetero) is 1. The lowest BCUT2D eigenvalue weighted by atomic mass is 10.4. The predicted octanol–water partition coefficient (Wildman–Crippen LogP) is 1.47. The molecule has 6 heteroatoms. The smallest absolute Gasteiger partial charge is 0.377 e. The molecule has 0 aliphatic heterocycles. The molecule has 0 saturated carbocycles. The molecule has 0 aliphatic rings. The predicted molar refractivity (Wildman–Crippen MR) is 60.3 cm³/mol. The van der Waals surface area contributed by atoms with Crippen molar-refractivity contribution in [3.8, 4) is 0 Å². The Hall–Kier alpha value is 0.190. The van der Waals surface area contributed by atoms with Crippen molar-refractivity contribution in [2.24, 2.45) is 0 Å². The van der Waals surface area contributed by atoms with Gasteiger partial charge in [0.15, 0.2) is 3.41 Å². The van der Waals surface area contributed by atoms with Gasteiger partial charge >= 0.3 is 5.97 Å². The number of methoxy groups -OCH3 is 1. The minimum atomic E-state index is -0.780. The number of rotatable bonds is 5. The van der Waals surface area contributed by atoms with Crippen molar-refractivity contribution in [1.29, 1.82) is 0 Å². The van der Waals surface area contributed by atoms with Crippen LogP contribution in [0, 0.1) is 0 Å². The molecule has 0 atom stereocenters. The van der Waals surface area contributed by atoms with Crippen LogP contribution in [-0.4, -0.2) is 41.0 Å². The number of carbonyl (C=O) groups excluding carboxylic acids is 2. The molecule has 0 radical (unpaired) electrons. The Kier molecular flexibility index (Phi) is 5.91. The molecule has 0 N–H and O–H groups in total. The van der Waals surface area contributed by atoms with E-state index in [0.29, 0.717) is 0 Å². The zero-order chi connectivity index (χ0) is 10.5. The third kappa shape index (κ3) is 2.82. The van der Waals surface area contributed by atoms with E-state index in [1.165, 1.54) is 42.4 Å². The van der Waals surface area contributed by atoms with Crippen LogP contribution in [0.5, 0.6) is 0 Å². The first-order valence-electron chi connectivity index (χ1n) is 3.36. The zero-order valence-corrected chi connectivity index (χ0v) is 10.4. The largest absolute Gasteiger partial charge is 0.463 e. The number of hydrogen-bond donors (Lipinski definition) is 0. The maximum Gasteiger partial charge on any atom is 0.377 e.